The van der Waals surface area contributed by atoms with E-state index in [1.165, 1.54) is 22.6 Å². The molecule has 0 amide bonds. The minimum atomic E-state index is -3.45. The molecule has 1 saturated heterocycles. The molecule has 1 fully saturated rings. The predicted octanol–water partition coefficient (Wildman–Crippen LogP) is 0.378. The topological polar surface area (TPSA) is 79.5 Å². The van der Waals surface area contributed by atoms with E-state index in [4.69, 9.17) is 5.73 Å². The average Bonchev–Trinajstić information content (AvgIpc) is 2.39. The van der Waals surface area contributed by atoms with Crippen molar-refractivity contribution in [1.29, 1.82) is 0 Å². The summed E-state index contributed by atoms with van der Waals surface area (Å²) in [4.78, 5) is 6.31. The van der Waals surface area contributed by atoms with Gasteiger partial charge in [0.15, 0.2) is 0 Å². The van der Waals surface area contributed by atoms with Crippen molar-refractivity contribution in [1.82, 2.24) is 14.2 Å². The highest BCUT2D eigenvalue weighted by Crippen LogP contribution is 2.19. The molecule has 0 aliphatic carbocycles. The first kappa shape index (κ1) is 14.2. The van der Waals surface area contributed by atoms with Gasteiger partial charge < -0.3 is 5.73 Å². The van der Waals surface area contributed by atoms with Crippen LogP contribution in [-0.4, -0.2) is 54.8 Å². The molecule has 1 aliphatic rings. The van der Waals surface area contributed by atoms with Gasteiger partial charge in [-0.1, -0.05) is 0 Å². The number of aromatic nitrogens is 1. The summed E-state index contributed by atoms with van der Waals surface area (Å²) in [5.41, 5.74) is 5.54. The van der Waals surface area contributed by atoms with E-state index in [1.54, 1.807) is 0 Å². The summed E-state index contributed by atoms with van der Waals surface area (Å²) in [6.07, 6.45) is 1.42. The highest BCUT2D eigenvalue weighted by Gasteiger charge is 2.29. The minimum absolute atomic E-state index is 0.220. The first-order chi connectivity index (χ1) is 8.91. The molecule has 106 valence electrons. The van der Waals surface area contributed by atoms with Gasteiger partial charge in [-0.3, -0.25) is 4.90 Å². The van der Waals surface area contributed by atoms with Crippen LogP contribution in [0.3, 0.4) is 0 Å². The lowest BCUT2D eigenvalue weighted by atomic mass is 10.3. The van der Waals surface area contributed by atoms with Crippen LogP contribution in [0.25, 0.3) is 0 Å². The van der Waals surface area contributed by atoms with Crippen LogP contribution in [0.15, 0.2) is 23.2 Å². The molecule has 2 N–H and O–H groups in total. The average molecular weight is 284 g/mol. The van der Waals surface area contributed by atoms with E-state index in [2.05, 4.69) is 23.7 Å². The molecule has 1 aliphatic heterocycles. The number of piperazine rings is 1. The third-order valence-electron chi connectivity index (χ3n) is 3.39. The fourth-order valence-corrected chi connectivity index (χ4v) is 3.64. The number of hydrogen-bond donors (Lipinski definition) is 1. The molecular weight excluding hydrogens is 264 g/mol. The van der Waals surface area contributed by atoms with Crippen LogP contribution in [0.5, 0.6) is 0 Å². The SMILES string of the molecule is CC(C)N1CCN(S(=O)(=O)c2ccnc(N)c2)CC1. The molecule has 0 radical (unpaired) electrons. The maximum atomic E-state index is 12.4. The molecule has 0 unspecified atom stereocenters. The van der Waals surface area contributed by atoms with Crippen LogP contribution in [0.1, 0.15) is 13.8 Å². The van der Waals surface area contributed by atoms with Gasteiger partial charge in [0.25, 0.3) is 0 Å². The van der Waals surface area contributed by atoms with Crippen molar-refractivity contribution >= 4 is 15.8 Å². The fraction of sp³-hybridized carbons (Fsp3) is 0.583. The summed E-state index contributed by atoms with van der Waals surface area (Å²) in [6, 6.07) is 3.34. The lowest BCUT2D eigenvalue weighted by Crippen LogP contribution is -2.50. The largest absolute Gasteiger partial charge is 0.384 e. The van der Waals surface area contributed by atoms with E-state index in [1.807, 2.05) is 0 Å². The van der Waals surface area contributed by atoms with Gasteiger partial charge in [0.2, 0.25) is 10.0 Å². The Kier molecular flexibility index (Phi) is 4.07. The lowest BCUT2D eigenvalue weighted by Gasteiger charge is -2.36. The second-order valence-corrected chi connectivity index (χ2v) is 6.89. The van der Waals surface area contributed by atoms with Crippen LogP contribution in [-0.2, 0) is 10.0 Å². The molecule has 1 aromatic rings. The molecule has 19 heavy (non-hydrogen) atoms. The Bertz CT molecular complexity index is 536. The van der Waals surface area contributed by atoms with Gasteiger partial charge in [0, 0.05) is 44.5 Å². The van der Waals surface area contributed by atoms with Crippen LogP contribution in [0.2, 0.25) is 0 Å². The van der Waals surface area contributed by atoms with Crippen molar-refractivity contribution in [3.8, 4) is 0 Å². The normalized spacial score (nSPS) is 18.9. The maximum absolute atomic E-state index is 12.4. The van der Waals surface area contributed by atoms with Crippen molar-refractivity contribution in [2.45, 2.75) is 24.8 Å². The quantitative estimate of drug-likeness (QED) is 0.868. The third kappa shape index (κ3) is 3.05. The van der Waals surface area contributed by atoms with E-state index in [0.29, 0.717) is 19.1 Å². The molecule has 1 aromatic heterocycles. The van der Waals surface area contributed by atoms with E-state index in [0.717, 1.165) is 13.1 Å². The number of nitrogen functional groups attached to an aromatic ring is 1. The summed E-state index contributed by atoms with van der Waals surface area (Å²) in [7, 11) is -3.45. The van der Waals surface area contributed by atoms with Crippen molar-refractivity contribution < 1.29 is 8.42 Å². The molecule has 6 nitrogen and oxygen atoms in total. The zero-order chi connectivity index (χ0) is 14.0. The molecule has 0 spiro atoms. The number of hydrogen-bond acceptors (Lipinski definition) is 5. The predicted molar refractivity (Wildman–Crippen MR) is 74.1 cm³/mol. The van der Waals surface area contributed by atoms with E-state index >= 15 is 0 Å². The Hall–Kier alpha value is -1.18. The Labute approximate surface area is 114 Å². The molecule has 7 heteroatoms. The number of rotatable bonds is 3. The van der Waals surface area contributed by atoms with Gasteiger partial charge in [-0.25, -0.2) is 13.4 Å². The molecule has 0 bridgehead atoms. The first-order valence-corrected chi connectivity index (χ1v) is 7.81. The Morgan fingerprint density at radius 2 is 1.89 bits per heavy atom. The smallest absolute Gasteiger partial charge is 0.243 e. The van der Waals surface area contributed by atoms with Gasteiger partial charge in [0.1, 0.15) is 5.82 Å². The second-order valence-electron chi connectivity index (χ2n) is 4.95. The van der Waals surface area contributed by atoms with Crippen LogP contribution >= 0.6 is 0 Å². The summed E-state index contributed by atoms with van der Waals surface area (Å²) >= 11 is 0. The number of sulfonamides is 1. The molecule has 2 rings (SSSR count). The molecular formula is C12H20N4O2S. The van der Waals surface area contributed by atoms with Gasteiger partial charge in [-0.05, 0) is 19.9 Å². The zero-order valence-corrected chi connectivity index (χ0v) is 12.1. The first-order valence-electron chi connectivity index (χ1n) is 6.37. The van der Waals surface area contributed by atoms with Crippen molar-refractivity contribution in [3.63, 3.8) is 0 Å². The fourth-order valence-electron chi connectivity index (χ4n) is 2.20. The maximum Gasteiger partial charge on any atom is 0.243 e. The molecule has 0 aromatic carbocycles. The zero-order valence-electron chi connectivity index (χ0n) is 11.3. The Morgan fingerprint density at radius 1 is 1.26 bits per heavy atom. The van der Waals surface area contributed by atoms with Gasteiger partial charge in [-0.15, -0.1) is 0 Å². The number of anilines is 1. The monoisotopic (exact) mass is 284 g/mol. The van der Waals surface area contributed by atoms with Crippen molar-refractivity contribution in [2.24, 2.45) is 0 Å². The standard InChI is InChI=1S/C12H20N4O2S/c1-10(2)15-5-7-16(8-6-15)19(17,18)11-3-4-14-12(13)9-11/h3-4,9-10H,5-8H2,1-2H3,(H2,13,14). The summed E-state index contributed by atoms with van der Waals surface area (Å²) in [5.74, 6) is 0.224. The van der Waals surface area contributed by atoms with Crippen LogP contribution < -0.4 is 5.73 Å². The van der Waals surface area contributed by atoms with E-state index in [9.17, 15) is 8.42 Å². The van der Waals surface area contributed by atoms with Gasteiger partial charge in [-0.2, -0.15) is 4.31 Å². The number of nitrogens with two attached hydrogens (primary N) is 1. The van der Waals surface area contributed by atoms with Gasteiger partial charge in [0.05, 0.1) is 4.90 Å². The lowest BCUT2D eigenvalue weighted by molar-refractivity contribution is 0.154. The molecule has 0 saturated carbocycles. The highest BCUT2D eigenvalue weighted by molar-refractivity contribution is 7.89. The second kappa shape index (κ2) is 5.44. The molecule has 2 heterocycles. The third-order valence-corrected chi connectivity index (χ3v) is 5.29. The minimum Gasteiger partial charge on any atom is -0.384 e. The van der Waals surface area contributed by atoms with Crippen LogP contribution in [0, 0.1) is 0 Å². The van der Waals surface area contributed by atoms with Crippen molar-refractivity contribution in [3.05, 3.63) is 18.3 Å². The Balaban J connectivity index is 2.14. The Morgan fingerprint density at radius 3 is 2.42 bits per heavy atom. The van der Waals surface area contributed by atoms with E-state index < -0.39 is 10.0 Å². The summed E-state index contributed by atoms with van der Waals surface area (Å²) < 4.78 is 26.4. The summed E-state index contributed by atoms with van der Waals surface area (Å²) in [6.45, 7) is 6.79. The van der Waals surface area contributed by atoms with Crippen LogP contribution in [0.4, 0.5) is 5.82 Å². The van der Waals surface area contributed by atoms with Gasteiger partial charge >= 0.3 is 0 Å². The number of pyridine rings is 1. The van der Waals surface area contributed by atoms with E-state index in [-0.39, 0.29) is 10.7 Å². The number of nitrogens with zero attached hydrogens (tertiary/aromatic N) is 3. The summed E-state index contributed by atoms with van der Waals surface area (Å²) in [5, 5.41) is 0. The highest BCUT2D eigenvalue weighted by atomic mass is 32.2. The molecule has 0 atom stereocenters. The van der Waals surface area contributed by atoms with Crippen molar-refractivity contribution in [2.75, 3.05) is 31.9 Å².